The van der Waals surface area contributed by atoms with E-state index in [1.54, 1.807) is 41.5 Å². The molecule has 0 aliphatic heterocycles. The molecule has 0 radical (unpaired) electrons. The van der Waals surface area contributed by atoms with E-state index in [1.165, 1.54) is 6.20 Å². The van der Waals surface area contributed by atoms with Gasteiger partial charge in [-0.2, -0.15) is 4.68 Å². The maximum Gasteiger partial charge on any atom is 0.435 e. The van der Waals surface area contributed by atoms with Crippen molar-refractivity contribution in [1.82, 2.24) is 15.2 Å². The van der Waals surface area contributed by atoms with Crippen molar-refractivity contribution in [2.24, 2.45) is 0 Å². The number of Topliss-reactive ketones (excluding diaryl/α,β-unsaturated/α-hetero) is 1. The second kappa shape index (κ2) is 10.3. The predicted molar refractivity (Wildman–Crippen MR) is 117 cm³/mol. The van der Waals surface area contributed by atoms with Crippen molar-refractivity contribution in [1.29, 1.82) is 0 Å². The largest absolute Gasteiger partial charge is 0.443 e. The highest BCUT2D eigenvalue weighted by molar-refractivity contribution is 6.01. The normalized spacial score (nSPS) is 11.6. The number of nitrogens with one attached hydrogen (secondary N) is 2. The van der Waals surface area contributed by atoms with Crippen LogP contribution in [0.4, 0.5) is 15.4 Å². The van der Waals surface area contributed by atoms with E-state index in [2.05, 4.69) is 16.0 Å². The molecule has 0 aliphatic rings. The third kappa shape index (κ3) is 8.38. The first-order valence-corrected chi connectivity index (χ1v) is 10.1. The summed E-state index contributed by atoms with van der Waals surface area (Å²) in [6.07, 6.45) is -0.327. The minimum Gasteiger partial charge on any atom is -0.443 e. The smallest absolute Gasteiger partial charge is 0.435 e. The van der Waals surface area contributed by atoms with Gasteiger partial charge in [-0.15, -0.1) is 5.10 Å². The van der Waals surface area contributed by atoms with E-state index < -0.39 is 29.2 Å². The fourth-order valence-electron chi connectivity index (χ4n) is 2.40. The standard InChI is InChI=1S/C22H30N4O6/c1-21(2,3)31-19(28)24-23-18-16(12-26(25-18)20(29)32-22(4,5)6)17(27)14-30-13-15-10-8-7-9-11-15/h7-12H,13-14H2,1-6H3,(H,23,25)(H,24,28). The molecule has 1 heterocycles. The first kappa shape index (κ1) is 24.9. The van der Waals surface area contributed by atoms with E-state index in [0.29, 0.717) is 0 Å². The summed E-state index contributed by atoms with van der Waals surface area (Å²) < 4.78 is 16.8. The van der Waals surface area contributed by atoms with Crippen LogP contribution in [0, 0.1) is 0 Å². The zero-order chi connectivity index (χ0) is 23.9. The molecule has 2 aromatic rings. The van der Waals surface area contributed by atoms with E-state index in [1.807, 2.05) is 30.3 Å². The Morgan fingerprint density at radius 2 is 1.59 bits per heavy atom. The van der Waals surface area contributed by atoms with Crippen molar-refractivity contribution in [2.45, 2.75) is 59.4 Å². The van der Waals surface area contributed by atoms with Crippen LogP contribution in [0.25, 0.3) is 0 Å². The third-order valence-corrected chi connectivity index (χ3v) is 3.62. The highest BCUT2D eigenvalue weighted by Gasteiger charge is 2.24. The summed E-state index contributed by atoms with van der Waals surface area (Å²) in [6.45, 7) is 10.2. The van der Waals surface area contributed by atoms with Gasteiger partial charge in [0.05, 0.1) is 18.4 Å². The van der Waals surface area contributed by atoms with Crippen LogP contribution in [0.15, 0.2) is 36.5 Å². The maximum atomic E-state index is 12.7. The molecule has 1 aromatic heterocycles. The van der Waals surface area contributed by atoms with E-state index in [4.69, 9.17) is 14.2 Å². The molecule has 0 unspecified atom stereocenters. The molecule has 0 saturated heterocycles. The Morgan fingerprint density at radius 1 is 0.969 bits per heavy atom. The van der Waals surface area contributed by atoms with Crippen molar-refractivity contribution in [3.05, 3.63) is 47.7 Å². The number of hydrogen-bond acceptors (Lipinski definition) is 8. The van der Waals surface area contributed by atoms with Crippen LogP contribution < -0.4 is 10.9 Å². The van der Waals surface area contributed by atoms with E-state index >= 15 is 0 Å². The van der Waals surface area contributed by atoms with Crippen LogP contribution in [-0.2, 0) is 20.8 Å². The fourth-order valence-corrected chi connectivity index (χ4v) is 2.40. The number of benzene rings is 1. The van der Waals surface area contributed by atoms with Crippen molar-refractivity contribution in [3.8, 4) is 0 Å². The molecular weight excluding hydrogens is 416 g/mol. The minimum atomic E-state index is -0.776. The molecule has 1 amide bonds. The molecule has 0 spiro atoms. The van der Waals surface area contributed by atoms with Gasteiger partial charge in [0.15, 0.2) is 11.6 Å². The number of hydrogen-bond donors (Lipinski definition) is 2. The van der Waals surface area contributed by atoms with Crippen molar-refractivity contribution < 1.29 is 28.6 Å². The van der Waals surface area contributed by atoms with E-state index in [9.17, 15) is 14.4 Å². The molecule has 2 rings (SSSR count). The number of nitrogens with zero attached hydrogens (tertiary/aromatic N) is 2. The first-order chi connectivity index (χ1) is 14.8. The molecule has 32 heavy (non-hydrogen) atoms. The quantitative estimate of drug-likeness (QED) is 0.485. The van der Waals surface area contributed by atoms with Crippen LogP contribution in [0.1, 0.15) is 57.5 Å². The van der Waals surface area contributed by atoms with Crippen molar-refractivity contribution >= 4 is 23.8 Å². The van der Waals surface area contributed by atoms with Gasteiger partial charge in [0.2, 0.25) is 0 Å². The molecule has 10 nitrogen and oxygen atoms in total. The Hall–Kier alpha value is -3.40. The number of carbonyl (C=O) groups excluding carboxylic acids is 3. The molecule has 174 valence electrons. The lowest BCUT2D eigenvalue weighted by molar-refractivity contribution is 0.0513. The molecule has 0 bridgehead atoms. The summed E-state index contributed by atoms with van der Waals surface area (Å²) >= 11 is 0. The van der Waals surface area contributed by atoms with Gasteiger partial charge in [-0.25, -0.2) is 15.0 Å². The van der Waals surface area contributed by atoms with Crippen LogP contribution in [-0.4, -0.2) is 45.6 Å². The molecular formula is C22H30N4O6. The van der Waals surface area contributed by atoms with Crippen LogP contribution in [0.5, 0.6) is 0 Å². The highest BCUT2D eigenvalue weighted by atomic mass is 16.6. The van der Waals surface area contributed by atoms with E-state index in [-0.39, 0.29) is 24.6 Å². The number of rotatable bonds is 7. The average Bonchev–Trinajstić information content (AvgIpc) is 3.09. The topological polar surface area (TPSA) is 121 Å². The number of anilines is 1. The average molecular weight is 447 g/mol. The van der Waals surface area contributed by atoms with Gasteiger partial charge >= 0.3 is 12.2 Å². The Labute approximate surface area is 187 Å². The van der Waals surface area contributed by atoms with Gasteiger partial charge < -0.3 is 14.2 Å². The molecule has 0 aliphatic carbocycles. The van der Waals surface area contributed by atoms with Gasteiger partial charge in [0.1, 0.15) is 17.8 Å². The van der Waals surface area contributed by atoms with Crippen LogP contribution in [0.3, 0.4) is 0 Å². The van der Waals surface area contributed by atoms with Crippen LogP contribution >= 0.6 is 0 Å². The molecule has 0 atom stereocenters. The Morgan fingerprint density at radius 3 is 2.19 bits per heavy atom. The number of ether oxygens (including phenoxy) is 3. The number of aromatic nitrogens is 2. The summed E-state index contributed by atoms with van der Waals surface area (Å²) in [5, 5.41) is 4.03. The zero-order valence-electron chi connectivity index (χ0n) is 19.2. The molecule has 2 N–H and O–H groups in total. The summed E-state index contributed by atoms with van der Waals surface area (Å²) in [5.41, 5.74) is 4.30. The lowest BCUT2D eigenvalue weighted by Crippen LogP contribution is -2.36. The fraction of sp³-hybridized carbons (Fsp3) is 0.455. The summed E-state index contributed by atoms with van der Waals surface area (Å²) in [6, 6.07) is 9.38. The first-order valence-electron chi connectivity index (χ1n) is 10.1. The van der Waals surface area contributed by atoms with Crippen molar-refractivity contribution in [2.75, 3.05) is 12.0 Å². The number of amides is 1. The van der Waals surface area contributed by atoms with Gasteiger partial charge in [-0.1, -0.05) is 30.3 Å². The molecule has 0 fully saturated rings. The van der Waals surface area contributed by atoms with E-state index in [0.717, 1.165) is 10.2 Å². The number of carbonyl (C=O) groups is 3. The predicted octanol–water partition coefficient (Wildman–Crippen LogP) is 3.92. The Bertz CT molecular complexity index is 942. The molecule has 0 saturated carbocycles. The van der Waals surface area contributed by atoms with Gasteiger partial charge in [-0.3, -0.25) is 10.2 Å². The molecule has 1 aromatic carbocycles. The second-order valence-electron chi connectivity index (χ2n) is 8.97. The summed E-state index contributed by atoms with van der Waals surface area (Å²) in [4.78, 5) is 37.0. The lowest BCUT2D eigenvalue weighted by Gasteiger charge is -2.19. The third-order valence-electron chi connectivity index (χ3n) is 3.62. The Balaban J connectivity index is 2.13. The summed E-state index contributed by atoms with van der Waals surface area (Å²) in [7, 11) is 0. The van der Waals surface area contributed by atoms with Crippen LogP contribution in [0.2, 0.25) is 0 Å². The number of ketones is 1. The molecule has 10 heteroatoms. The van der Waals surface area contributed by atoms with Crippen molar-refractivity contribution in [3.63, 3.8) is 0 Å². The maximum absolute atomic E-state index is 12.7. The Kier molecular flexibility index (Phi) is 7.98. The second-order valence-corrected chi connectivity index (χ2v) is 8.97. The lowest BCUT2D eigenvalue weighted by atomic mass is 10.2. The number of hydrazine groups is 1. The minimum absolute atomic E-state index is 0.0416. The summed E-state index contributed by atoms with van der Waals surface area (Å²) in [5.74, 6) is -0.487. The SMILES string of the molecule is CC(C)(C)OC(=O)NNc1nn(C(=O)OC(C)(C)C)cc1C(=O)COCc1ccccc1. The van der Waals surface area contributed by atoms with Gasteiger partial charge in [-0.05, 0) is 47.1 Å². The van der Waals surface area contributed by atoms with Gasteiger partial charge in [0.25, 0.3) is 0 Å². The highest BCUT2D eigenvalue weighted by Crippen LogP contribution is 2.17. The van der Waals surface area contributed by atoms with Gasteiger partial charge in [0, 0.05) is 0 Å². The monoisotopic (exact) mass is 446 g/mol. The zero-order valence-corrected chi connectivity index (χ0v) is 19.2.